The number of carbonyl (C=O) groups excluding carboxylic acids is 1. The number of nitrogens with one attached hydrogen (secondary N) is 1. The zero-order chi connectivity index (χ0) is 13.2. The van der Waals surface area contributed by atoms with E-state index in [1.165, 1.54) is 11.3 Å². The molecule has 1 aromatic heterocycles. The molecule has 1 atom stereocenters. The Morgan fingerprint density at radius 2 is 2.11 bits per heavy atom. The molecule has 3 N–H and O–H groups in total. The van der Waals surface area contributed by atoms with Crippen molar-refractivity contribution in [2.45, 2.75) is 12.5 Å². The molecule has 18 heavy (non-hydrogen) atoms. The van der Waals surface area contributed by atoms with Crippen molar-refractivity contribution in [2.24, 2.45) is 5.73 Å². The van der Waals surface area contributed by atoms with E-state index in [9.17, 15) is 4.79 Å². The smallest absolute Gasteiger partial charge is 0.249 e. The van der Waals surface area contributed by atoms with Gasteiger partial charge in [0.2, 0.25) is 5.91 Å². The summed E-state index contributed by atoms with van der Waals surface area (Å²) in [5, 5.41) is 5.61. The highest BCUT2D eigenvalue weighted by Crippen LogP contribution is 2.28. The van der Waals surface area contributed by atoms with E-state index in [1.807, 2.05) is 29.6 Å². The number of anilines is 1. The summed E-state index contributed by atoms with van der Waals surface area (Å²) in [5.41, 5.74) is 5.31. The number of rotatable bonds is 4. The van der Waals surface area contributed by atoms with Crippen LogP contribution in [0.3, 0.4) is 0 Å². The maximum absolute atomic E-state index is 11.7. The van der Waals surface area contributed by atoms with E-state index in [0.29, 0.717) is 5.01 Å². The molecule has 0 saturated heterocycles. The quantitative estimate of drug-likeness (QED) is 0.908. The third-order valence-corrected chi connectivity index (χ3v) is 4.11. The Morgan fingerprint density at radius 1 is 1.44 bits per heavy atom. The standard InChI is InChI=1S/C12H12BrN3OS/c1-12(10(14)17,11-15-6-7-18-11)16-9-4-2-8(13)3-5-9/h2-7,16H,1H3,(H2,14,17). The van der Waals surface area contributed by atoms with Gasteiger partial charge in [-0.15, -0.1) is 11.3 Å². The average molecular weight is 326 g/mol. The lowest BCUT2D eigenvalue weighted by Gasteiger charge is -2.26. The van der Waals surface area contributed by atoms with Crippen molar-refractivity contribution in [3.63, 3.8) is 0 Å². The summed E-state index contributed by atoms with van der Waals surface area (Å²) >= 11 is 4.76. The van der Waals surface area contributed by atoms with Gasteiger partial charge in [0.05, 0.1) is 0 Å². The molecule has 0 radical (unpaired) electrons. The van der Waals surface area contributed by atoms with Gasteiger partial charge >= 0.3 is 0 Å². The zero-order valence-corrected chi connectivity index (χ0v) is 12.1. The molecular formula is C12H12BrN3OS. The SMILES string of the molecule is CC(Nc1ccc(Br)cc1)(C(N)=O)c1nccs1. The van der Waals surface area contributed by atoms with Gasteiger partial charge in [0.1, 0.15) is 5.01 Å². The van der Waals surface area contributed by atoms with Crippen LogP contribution in [-0.2, 0) is 10.3 Å². The molecule has 0 aliphatic rings. The number of benzene rings is 1. The van der Waals surface area contributed by atoms with Crippen LogP contribution >= 0.6 is 27.3 Å². The molecule has 0 fully saturated rings. The molecule has 0 bridgehead atoms. The number of nitrogens with zero attached hydrogens (tertiary/aromatic N) is 1. The predicted molar refractivity (Wildman–Crippen MR) is 76.4 cm³/mol. The molecule has 0 aliphatic heterocycles. The van der Waals surface area contributed by atoms with E-state index in [4.69, 9.17) is 5.73 Å². The lowest BCUT2D eigenvalue weighted by molar-refractivity contribution is -0.122. The summed E-state index contributed by atoms with van der Waals surface area (Å²) in [6.07, 6.45) is 1.66. The molecular weight excluding hydrogens is 314 g/mol. The number of carbonyl (C=O) groups is 1. The molecule has 2 rings (SSSR count). The Balaban J connectivity index is 2.32. The van der Waals surface area contributed by atoms with Crippen molar-refractivity contribution in [1.82, 2.24) is 4.98 Å². The van der Waals surface area contributed by atoms with Crippen LogP contribution in [0.5, 0.6) is 0 Å². The third-order valence-electron chi connectivity index (χ3n) is 2.59. The molecule has 1 unspecified atom stereocenters. The summed E-state index contributed by atoms with van der Waals surface area (Å²) in [7, 11) is 0. The van der Waals surface area contributed by atoms with Gasteiger partial charge in [0, 0.05) is 21.7 Å². The molecule has 1 amide bonds. The Labute approximate surface area is 117 Å². The number of halogens is 1. The van der Waals surface area contributed by atoms with Crippen molar-refractivity contribution in [3.05, 3.63) is 45.3 Å². The first-order chi connectivity index (χ1) is 8.52. The number of amides is 1. The van der Waals surface area contributed by atoms with Crippen LogP contribution in [0.2, 0.25) is 0 Å². The topological polar surface area (TPSA) is 68.0 Å². The van der Waals surface area contributed by atoms with E-state index in [2.05, 4.69) is 26.2 Å². The zero-order valence-electron chi connectivity index (χ0n) is 9.68. The van der Waals surface area contributed by atoms with E-state index in [-0.39, 0.29) is 0 Å². The summed E-state index contributed by atoms with van der Waals surface area (Å²) in [5.74, 6) is -0.458. The van der Waals surface area contributed by atoms with Crippen molar-refractivity contribution in [3.8, 4) is 0 Å². The van der Waals surface area contributed by atoms with Crippen LogP contribution in [0.1, 0.15) is 11.9 Å². The lowest BCUT2D eigenvalue weighted by atomic mass is 10.0. The first-order valence-corrected chi connectivity index (χ1v) is 6.93. The summed E-state index contributed by atoms with van der Waals surface area (Å²) in [4.78, 5) is 15.9. The number of hydrogen-bond acceptors (Lipinski definition) is 4. The molecule has 6 heteroatoms. The number of primary amides is 1. The van der Waals surface area contributed by atoms with Crippen LogP contribution in [-0.4, -0.2) is 10.9 Å². The van der Waals surface area contributed by atoms with Gasteiger partial charge in [0.15, 0.2) is 5.54 Å². The van der Waals surface area contributed by atoms with E-state index >= 15 is 0 Å². The molecule has 0 aliphatic carbocycles. The Morgan fingerprint density at radius 3 is 2.61 bits per heavy atom. The Kier molecular flexibility index (Phi) is 3.68. The van der Waals surface area contributed by atoms with Gasteiger partial charge in [-0.1, -0.05) is 15.9 Å². The number of nitrogens with two attached hydrogens (primary N) is 1. The molecule has 94 valence electrons. The number of aromatic nitrogens is 1. The predicted octanol–water partition coefficient (Wildman–Crippen LogP) is 2.72. The van der Waals surface area contributed by atoms with E-state index in [0.717, 1.165) is 10.2 Å². The maximum atomic E-state index is 11.7. The maximum Gasteiger partial charge on any atom is 0.249 e. The fourth-order valence-electron chi connectivity index (χ4n) is 1.51. The highest BCUT2D eigenvalue weighted by molar-refractivity contribution is 9.10. The fraction of sp³-hybridized carbons (Fsp3) is 0.167. The van der Waals surface area contributed by atoms with Crippen molar-refractivity contribution in [1.29, 1.82) is 0 Å². The van der Waals surface area contributed by atoms with Crippen molar-refractivity contribution in [2.75, 3.05) is 5.32 Å². The van der Waals surface area contributed by atoms with Crippen molar-refractivity contribution >= 4 is 38.9 Å². The highest BCUT2D eigenvalue weighted by atomic mass is 79.9. The third kappa shape index (κ3) is 2.54. The van der Waals surface area contributed by atoms with Crippen molar-refractivity contribution < 1.29 is 4.79 Å². The lowest BCUT2D eigenvalue weighted by Crippen LogP contribution is -2.45. The first-order valence-electron chi connectivity index (χ1n) is 5.26. The summed E-state index contributed by atoms with van der Waals surface area (Å²) < 4.78 is 0.975. The van der Waals surface area contributed by atoms with Gasteiger partial charge in [0.25, 0.3) is 0 Å². The van der Waals surface area contributed by atoms with Gasteiger partial charge in [-0.2, -0.15) is 0 Å². The highest BCUT2D eigenvalue weighted by Gasteiger charge is 2.35. The normalized spacial score (nSPS) is 13.9. The van der Waals surface area contributed by atoms with E-state index in [1.54, 1.807) is 13.1 Å². The summed E-state index contributed by atoms with van der Waals surface area (Å²) in [6.45, 7) is 1.73. The monoisotopic (exact) mass is 325 g/mol. The van der Waals surface area contributed by atoms with Crippen LogP contribution in [0.25, 0.3) is 0 Å². The van der Waals surface area contributed by atoms with Gasteiger partial charge in [-0.05, 0) is 31.2 Å². The largest absolute Gasteiger partial charge is 0.367 e. The second kappa shape index (κ2) is 5.07. The van der Waals surface area contributed by atoms with Gasteiger partial charge in [-0.25, -0.2) is 4.98 Å². The molecule has 1 heterocycles. The Hall–Kier alpha value is -1.40. The minimum absolute atomic E-state index is 0.458. The van der Waals surface area contributed by atoms with Crippen LogP contribution < -0.4 is 11.1 Å². The van der Waals surface area contributed by atoms with Gasteiger partial charge in [-0.3, -0.25) is 4.79 Å². The van der Waals surface area contributed by atoms with E-state index < -0.39 is 11.4 Å². The molecule has 0 saturated carbocycles. The minimum Gasteiger partial charge on any atom is -0.367 e. The fourth-order valence-corrected chi connectivity index (χ4v) is 2.54. The second-order valence-corrected chi connectivity index (χ2v) is 5.77. The second-order valence-electron chi connectivity index (χ2n) is 3.96. The molecule has 4 nitrogen and oxygen atoms in total. The molecule has 2 aromatic rings. The van der Waals surface area contributed by atoms with Crippen LogP contribution in [0.15, 0.2) is 40.3 Å². The number of hydrogen-bond donors (Lipinski definition) is 2. The molecule has 1 aromatic carbocycles. The number of thiazole rings is 1. The van der Waals surface area contributed by atoms with Crippen LogP contribution in [0.4, 0.5) is 5.69 Å². The molecule has 0 spiro atoms. The minimum atomic E-state index is -0.998. The van der Waals surface area contributed by atoms with Gasteiger partial charge < -0.3 is 11.1 Å². The van der Waals surface area contributed by atoms with Crippen LogP contribution in [0, 0.1) is 0 Å². The summed E-state index contributed by atoms with van der Waals surface area (Å²) in [6, 6.07) is 7.54. The first kappa shape index (κ1) is 13.0. The Bertz CT molecular complexity index is 541. The average Bonchev–Trinajstić information content (AvgIpc) is 2.86.